The zero-order valence-corrected chi connectivity index (χ0v) is 55.2. The number of hydrogen-bond donors (Lipinski definition) is 14. The highest BCUT2D eigenvalue weighted by molar-refractivity contribution is 7.90. The molecule has 528 valence electrons. The van der Waals surface area contributed by atoms with Crippen LogP contribution in [0.25, 0.3) is 26.8 Å². The molecule has 0 saturated carbocycles. The number of carbonyl (C=O) groups excluding carboxylic acids is 7. The highest BCUT2D eigenvalue weighted by Gasteiger charge is 2.50. The molecule has 0 aliphatic carbocycles. The number of aliphatic hydroxyl groups excluding tert-OH is 6. The van der Waals surface area contributed by atoms with Crippen molar-refractivity contribution in [2.75, 3.05) is 64.5 Å². The van der Waals surface area contributed by atoms with Crippen LogP contribution in [0.5, 0.6) is 11.5 Å². The minimum absolute atomic E-state index is 0.0259. The summed E-state index contributed by atoms with van der Waals surface area (Å²) in [6.07, 6.45) is -5.19. The van der Waals surface area contributed by atoms with Crippen molar-refractivity contribution < 1.29 is 97.6 Å². The molecule has 6 heterocycles. The van der Waals surface area contributed by atoms with Gasteiger partial charge in [0.05, 0.1) is 54.6 Å². The molecule has 0 spiro atoms. The number of phenolic OH excluding ortho intramolecular Hbond substituents is 1. The number of β-amino-alcohol motifs (C(OH)–C–C–N with tert-alkyl or cyclic N) is 1. The molecule has 7 amide bonds. The molecular weight excluding hydrogens is 1310 g/mol. The van der Waals surface area contributed by atoms with Gasteiger partial charge in [-0.2, -0.15) is 5.10 Å². The summed E-state index contributed by atoms with van der Waals surface area (Å²) in [6, 6.07) is 6.87. The molecule has 0 radical (unpaired) electrons. The number of aliphatic hydroxyl groups is 6. The topological polar surface area (TPSA) is 454 Å². The van der Waals surface area contributed by atoms with Crippen molar-refractivity contribution in [3.8, 4) is 33.3 Å². The number of fused-ring (bicyclic) bond motifs is 3. The van der Waals surface area contributed by atoms with E-state index in [0.29, 0.717) is 16.2 Å². The Labute approximate surface area is 566 Å². The van der Waals surface area contributed by atoms with E-state index in [9.17, 15) is 69.3 Å². The van der Waals surface area contributed by atoms with Gasteiger partial charge in [-0.05, 0) is 106 Å². The number of methoxy groups -OCH3 is 1. The maximum Gasteiger partial charge on any atom is 0.261 e. The van der Waals surface area contributed by atoms with E-state index in [-0.39, 0.29) is 54.8 Å². The molecule has 3 aromatic carbocycles. The van der Waals surface area contributed by atoms with E-state index in [1.807, 2.05) is 12.1 Å². The molecule has 5 aromatic rings. The Hall–Kier alpha value is -7.68. The summed E-state index contributed by atoms with van der Waals surface area (Å²) in [6.45, 7) is 4.18. The maximum atomic E-state index is 14.7. The number of nitrogens with two attached hydrogens (primary N) is 1. The van der Waals surface area contributed by atoms with Gasteiger partial charge < -0.3 is 96.4 Å². The van der Waals surface area contributed by atoms with Gasteiger partial charge in [0, 0.05) is 101 Å². The lowest BCUT2D eigenvalue weighted by Crippen LogP contribution is -2.64. The molecule has 4 saturated heterocycles. The molecule has 15 N–H and O–H groups in total. The number of carbonyl (C=O) groups is 7. The number of benzene rings is 3. The van der Waals surface area contributed by atoms with Crippen LogP contribution in [0.2, 0.25) is 0 Å². The van der Waals surface area contributed by atoms with Crippen LogP contribution in [0.15, 0.2) is 72.9 Å². The first-order valence-electron chi connectivity index (χ1n) is 32.0. The number of aromatic nitrogens is 3. The van der Waals surface area contributed by atoms with E-state index in [0.717, 1.165) is 97.5 Å². The predicted octanol–water partition coefficient (Wildman–Crippen LogP) is -0.707. The average Bonchev–Trinajstić information content (AvgIpc) is 1.67. The van der Waals surface area contributed by atoms with E-state index in [4.69, 9.17) is 34.7 Å². The number of phenols is 1. The van der Waals surface area contributed by atoms with E-state index in [2.05, 4.69) is 53.0 Å². The summed E-state index contributed by atoms with van der Waals surface area (Å²) in [5.41, 5.74) is 9.13. The fourth-order valence-electron chi connectivity index (χ4n) is 12.3. The van der Waals surface area contributed by atoms with Gasteiger partial charge in [0.25, 0.3) is 18.2 Å². The highest BCUT2D eigenvalue weighted by atomic mass is 32.2. The standard InChI is InChI=1S/C63H84N12O20S2/c1-33-30-74-53(54(33)82)59(87)65-29-40(77)27-43(66-55(83)37-10-8-36(9-11-37)44-32-75-63(67-44)96-60(71-75)38-12-14-39(15-13-38)72-21-18-42(19-22-72)92-24-6-4-5-23-91-3)56(84)68-50(34(2)76)61(88)73-31-41(78)28-45(73)57(85)69-51(58(86)70-52(62(74)89)47(80)17-20-64)48(81)25-35-7-16-46(79)49(26-35)93-97-95-94-90/h7-16,26,32-34,40-43,45,47-48,50-54,76-82,90H,4-6,17-25,27-31,64H2,1-3H3,(H,65,87)(H,66,83)(H,68,84)(H,69,85)(H,70,86)/t33-,34+,40+,41+,43+,45+,47-,48-,50+,51+,52+,53+,54+/m1/s1. The summed E-state index contributed by atoms with van der Waals surface area (Å²) >= 11 is 1.47. The second-order valence-electron chi connectivity index (χ2n) is 24.7. The Balaban J connectivity index is 0.930. The van der Waals surface area contributed by atoms with E-state index in [1.54, 1.807) is 30.0 Å². The minimum atomic E-state index is -2.11. The molecule has 4 aliphatic heterocycles. The lowest BCUT2D eigenvalue weighted by Gasteiger charge is -2.34. The first kappa shape index (κ1) is 73.6. The predicted molar refractivity (Wildman–Crippen MR) is 348 cm³/mol. The molecule has 0 bridgehead atoms. The average molecular weight is 1390 g/mol. The second-order valence-corrected chi connectivity index (χ2v) is 26.1. The van der Waals surface area contributed by atoms with Crippen LogP contribution in [0, 0.1) is 5.92 Å². The number of aromatic hydroxyl groups is 1. The van der Waals surface area contributed by atoms with Gasteiger partial charge in [-0.1, -0.05) is 45.8 Å². The Morgan fingerprint density at radius 3 is 2.19 bits per heavy atom. The Bertz CT molecular complexity index is 3480. The third-order valence-electron chi connectivity index (χ3n) is 17.6. The number of ether oxygens (including phenoxy) is 2. The Morgan fingerprint density at radius 2 is 1.49 bits per heavy atom. The largest absolute Gasteiger partial charge is 0.504 e. The number of unbranched alkanes of at least 4 members (excludes halogenated alkanes) is 2. The fraction of sp³-hybridized carbons (Fsp3) is 0.540. The van der Waals surface area contributed by atoms with Gasteiger partial charge in [0.2, 0.25) is 40.4 Å². The van der Waals surface area contributed by atoms with Gasteiger partial charge in [-0.3, -0.25) is 33.6 Å². The lowest BCUT2D eigenvalue weighted by molar-refractivity contribution is -0.433. The van der Waals surface area contributed by atoms with E-state index >= 15 is 0 Å². The number of anilines is 1. The van der Waals surface area contributed by atoms with E-state index < -0.39 is 158 Å². The summed E-state index contributed by atoms with van der Waals surface area (Å²) in [4.78, 5) is 111. The molecular formula is C63H84N12O20S2. The number of piperidine rings is 1. The summed E-state index contributed by atoms with van der Waals surface area (Å²) in [7, 11) is 1.71. The van der Waals surface area contributed by atoms with Gasteiger partial charge in [0.1, 0.15) is 41.3 Å². The molecule has 4 aliphatic rings. The molecule has 32 nitrogen and oxygen atoms in total. The first-order chi connectivity index (χ1) is 46.5. The second kappa shape index (κ2) is 34.2. The van der Waals surface area contributed by atoms with Crippen molar-refractivity contribution in [2.45, 2.75) is 151 Å². The molecule has 4 fully saturated rings. The van der Waals surface area contributed by atoms with Crippen LogP contribution in [0.4, 0.5) is 5.69 Å². The van der Waals surface area contributed by atoms with Gasteiger partial charge in [-0.25, -0.2) is 14.8 Å². The van der Waals surface area contributed by atoms with Crippen LogP contribution in [0.1, 0.15) is 81.1 Å². The third-order valence-corrected chi connectivity index (χ3v) is 18.9. The normalized spacial score (nSPS) is 25.3. The quantitative estimate of drug-likeness (QED) is 0.0166. The maximum absolute atomic E-state index is 14.7. The summed E-state index contributed by atoms with van der Waals surface area (Å²) in [5, 5.41) is 109. The van der Waals surface area contributed by atoms with Gasteiger partial charge in [0.15, 0.2) is 11.5 Å². The zero-order chi connectivity index (χ0) is 69.6. The lowest BCUT2D eigenvalue weighted by atomic mass is 9.98. The molecule has 34 heteroatoms. The number of rotatable bonds is 23. The fourth-order valence-corrected chi connectivity index (χ4v) is 13.4. The SMILES string of the molecule is COCCCCCOC1CCN(c2ccc(-c3nn4cc(-c5ccc(C(=O)N[C@H]6C[C@H](O)CNC(=O)[C@@H]7[C@@H](O)[C@H](C)CN7C(=O)[C@H]([C@H](O)CCN)NC(=O)[C@H]([C@H](O)Cc7ccc(O)c(OSOOO)c7)NC(=O)[C@@H]7C[C@H](O)CN7C(=O)[C@H]([C@H](C)O)NC6=O)cc5)nc4s3)cc2)CC1. The smallest absolute Gasteiger partial charge is 0.261 e. The van der Waals surface area contributed by atoms with Gasteiger partial charge in [-0.15, -0.1) is 0 Å². The number of imidazole rings is 1. The number of amides is 7. The van der Waals surface area contributed by atoms with E-state index in [1.165, 1.54) is 42.5 Å². The van der Waals surface area contributed by atoms with Crippen LogP contribution in [-0.2, 0) is 54.0 Å². The monoisotopic (exact) mass is 1390 g/mol. The molecule has 0 unspecified atom stereocenters. The molecule has 97 heavy (non-hydrogen) atoms. The highest BCUT2D eigenvalue weighted by Crippen LogP contribution is 2.34. The molecule has 2 aromatic heterocycles. The number of hydrogen-bond acceptors (Lipinski definition) is 26. The number of nitrogens with zero attached hydrogens (tertiary/aromatic N) is 6. The van der Waals surface area contributed by atoms with Gasteiger partial charge >= 0.3 is 0 Å². The number of nitrogens with one attached hydrogen (secondary N) is 5. The van der Waals surface area contributed by atoms with Crippen molar-refractivity contribution in [3.05, 3.63) is 84.1 Å². The van der Waals surface area contributed by atoms with Crippen LogP contribution >= 0.6 is 23.7 Å². The van der Waals surface area contributed by atoms with Crippen molar-refractivity contribution >= 4 is 75.7 Å². The summed E-state index contributed by atoms with van der Waals surface area (Å²) in [5.74, 6) is -9.32. The first-order valence-corrected chi connectivity index (χ1v) is 33.5. The van der Waals surface area contributed by atoms with Crippen LogP contribution in [-0.4, -0.2) is 245 Å². The Morgan fingerprint density at radius 1 is 0.804 bits per heavy atom. The van der Waals surface area contributed by atoms with Crippen LogP contribution in [0.3, 0.4) is 0 Å². The van der Waals surface area contributed by atoms with Crippen molar-refractivity contribution in [3.63, 3.8) is 0 Å². The molecule has 9 rings (SSSR count). The van der Waals surface area contributed by atoms with Crippen molar-refractivity contribution in [1.82, 2.24) is 51.0 Å². The van der Waals surface area contributed by atoms with Crippen LogP contribution < -0.4 is 41.4 Å². The third kappa shape index (κ3) is 18.6. The Kier molecular flexibility index (Phi) is 25.9. The minimum Gasteiger partial charge on any atom is -0.504 e. The summed E-state index contributed by atoms with van der Waals surface area (Å²) < 4.78 is 22.3. The van der Waals surface area contributed by atoms with Crippen molar-refractivity contribution in [1.29, 1.82) is 0 Å². The molecule has 13 atom stereocenters. The van der Waals surface area contributed by atoms with Crippen molar-refractivity contribution in [2.24, 2.45) is 11.7 Å². The zero-order valence-electron chi connectivity index (χ0n) is 53.6.